The summed E-state index contributed by atoms with van der Waals surface area (Å²) in [6, 6.07) is 0. The number of ether oxygens (including phenoxy) is 4. The summed E-state index contributed by atoms with van der Waals surface area (Å²) < 4.78 is 20.1. The van der Waals surface area contributed by atoms with Gasteiger partial charge in [-0.25, -0.2) is 4.79 Å². The molecule has 0 fully saturated rings. The van der Waals surface area contributed by atoms with Crippen LogP contribution in [0, 0.1) is 0 Å². The van der Waals surface area contributed by atoms with Crippen molar-refractivity contribution < 1.29 is 38.1 Å². The third-order valence-electron chi connectivity index (χ3n) is 6.45. The molecule has 0 radical (unpaired) electrons. The molecular formula is C31H54O8. The Hall–Kier alpha value is -2.38. The third-order valence-corrected chi connectivity index (χ3v) is 6.45. The summed E-state index contributed by atoms with van der Waals surface area (Å²) in [5, 5.41) is 0. The molecule has 0 heterocycles. The molecule has 0 amide bonds. The largest absolute Gasteiger partial charge is 0.462 e. The molecule has 0 spiro atoms. The highest BCUT2D eigenvalue weighted by molar-refractivity contribution is 5.82. The normalized spacial score (nSPS) is 11.1. The van der Waals surface area contributed by atoms with E-state index in [2.05, 4.69) is 18.6 Å². The smallest absolute Gasteiger partial charge is 0.334 e. The van der Waals surface area contributed by atoms with Crippen molar-refractivity contribution in [2.24, 2.45) is 0 Å². The molecule has 0 saturated carbocycles. The predicted octanol–water partition coefficient (Wildman–Crippen LogP) is 7.51. The van der Waals surface area contributed by atoms with Crippen LogP contribution in [0.1, 0.15) is 142 Å². The number of carbonyl (C=O) groups excluding carboxylic acids is 4. The third kappa shape index (κ3) is 27.0. The zero-order valence-corrected chi connectivity index (χ0v) is 24.6. The Kier molecular flexibility index (Phi) is 26.9. The van der Waals surface area contributed by atoms with Gasteiger partial charge in [0.15, 0.2) is 6.10 Å². The fourth-order valence-corrected chi connectivity index (χ4v) is 4.12. The van der Waals surface area contributed by atoms with Gasteiger partial charge < -0.3 is 18.9 Å². The highest BCUT2D eigenvalue weighted by Crippen LogP contribution is 2.12. The minimum absolute atomic E-state index is 0.170. The second kappa shape index (κ2) is 28.6. The number of rotatable bonds is 28. The number of esters is 3. The van der Waals surface area contributed by atoms with Gasteiger partial charge in [0, 0.05) is 12.8 Å². The van der Waals surface area contributed by atoms with E-state index in [1.807, 2.05) is 0 Å². The van der Waals surface area contributed by atoms with Gasteiger partial charge in [-0.05, 0) is 12.8 Å². The Bertz CT molecular complexity index is 609. The zero-order chi connectivity index (χ0) is 28.8. The van der Waals surface area contributed by atoms with E-state index in [1.165, 1.54) is 77.0 Å². The number of carbonyl (C=O) groups is 4. The monoisotopic (exact) mass is 554 g/mol. The summed E-state index contributed by atoms with van der Waals surface area (Å²) in [4.78, 5) is 46.5. The van der Waals surface area contributed by atoms with Crippen LogP contribution in [-0.2, 0) is 38.1 Å². The van der Waals surface area contributed by atoms with E-state index in [0.29, 0.717) is 12.8 Å². The van der Waals surface area contributed by atoms with Crippen molar-refractivity contribution in [3.63, 3.8) is 0 Å². The van der Waals surface area contributed by atoms with E-state index in [4.69, 9.17) is 14.2 Å². The lowest BCUT2D eigenvalue weighted by atomic mass is 10.1. The van der Waals surface area contributed by atoms with Crippen LogP contribution in [0.5, 0.6) is 0 Å². The molecule has 0 aromatic carbocycles. The summed E-state index contributed by atoms with van der Waals surface area (Å²) in [7, 11) is 0. The molecule has 0 bridgehead atoms. The van der Waals surface area contributed by atoms with Crippen molar-refractivity contribution in [1.82, 2.24) is 0 Å². The molecular weight excluding hydrogens is 500 g/mol. The Morgan fingerprint density at radius 2 is 0.974 bits per heavy atom. The first kappa shape index (κ1) is 36.6. The molecule has 226 valence electrons. The molecule has 0 aliphatic rings. The minimum atomic E-state index is -0.947. The quantitative estimate of drug-likeness (QED) is 0.0244. The average molecular weight is 555 g/mol. The summed E-state index contributed by atoms with van der Waals surface area (Å²) in [6.45, 7) is 4.16. The van der Waals surface area contributed by atoms with Crippen molar-refractivity contribution >= 4 is 24.4 Å². The van der Waals surface area contributed by atoms with Crippen LogP contribution in [0.4, 0.5) is 0 Å². The SMILES string of the molecule is CCCCCCCCCCCC(=O)OCC(COC(=O)CCCCCCCCCCC)OC(=O)/C=C\OC=O. The van der Waals surface area contributed by atoms with E-state index in [1.54, 1.807) is 0 Å². The fraction of sp³-hybridized carbons (Fsp3) is 0.806. The fourth-order valence-electron chi connectivity index (χ4n) is 4.12. The topological polar surface area (TPSA) is 105 Å². The van der Waals surface area contributed by atoms with Gasteiger partial charge >= 0.3 is 17.9 Å². The van der Waals surface area contributed by atoms with Crippen LogP contribution in [0.3, 0.4) is 0 Å². The first-order valence-electron chi connectivity index (χ1n) is 15.3. The Morgan fingerprint density at radius 3 is 1.36 bits per heavy atom. The van der Waals surface area contributed by atoms with Gasteiger partial charge in [0.2, 0.25) is 0 Å². The van der Waals surface area contributed by atoms with Gasteiger partial charge in [0.05, 0.1) is 6.08 Å². The van der Waals surface area contributed by atoms with Gasteiger partial charge in [0.25, 0.3) is 6.47 Å². The van der Waals surface area contributed by atoms with Crippen LogP contribution in [-0.4, -0.2) is 43.7 Å². The molecule has 0 atom stereocenters. The first-order valence-corrected chi connectivity index (χ1v) is 15.3. The molecule has 0 aliphatic heterocycles. The maximum absolute atomic E-state index is 12.1. The standard InChI is InChI=1S/C31H54O8/c1-3-5-7-9-11-13-15-17-19-21-29(33)37-25-28(39-31(35)23-24-36-27-32)26-38-30(34)22-20-18-16-14-12-10-8-6-4-2/h23-24,27-28H,3-22,25-26H2,1-2H3/b24-23-. The molecule has 39 heavy (non-hydrogen) atoms. The molecule has 0 aromatic rings. The Balaban J connectivity index is 4.24. The predicted molar refractivity (Wildman–Crippen MR) is 152 cm³/mol. The van der Waals surface area contributed by atoms with Crippen molar-refractivity contribution in [2.45, 2.75) is 148 Å². The lowest BCUT2D eigenvalue weighted by Crippen LogP contribution is -2.30. The van der Waals surface area contributed by atoms with E-state index in [9.17, 15) is 19.2 Å². The van der Waals surface area contributed by atoms with Crippen LogP contribution in [0.15, 0.2) is 12.3 Å². The van der Waals surface area contributed by atoms with E-state index in [0.717, 1.165) is 50.9 Å². The van der Waals surface area contributed by atoms with Crippen molar-refractivity contribution in [2.75, 3.05) is 13.2 Å². The van der Waals surface area contributed by atoms with Gasteiger partial charge in [-0.2, -0.15) is 0 Å². The lowest BCUT2D eigenvalue weighted by molar-refractivity contribution is -0.163. The first-order chi connectivity index (χ1) is 19.0. The lowest BCUT2D eigenvalue weighted by Gasteiger charge is -2.17. The molecule has 0 saturated heterocycles. The summed E-state index contributed by atoms with van der Waals surface area (Å²) >= 11 is 0. The molecule has 8 heteroatoms. The van der Waals surface area contributed by atoms with E-state index < -0.39 is 12.1 Å². The van der Waals surface area contributed by atoms with Gasteiger partial charge in [-0.15, -0.1) is 0 Å². The van der Waals surface area contributed by atoms with E-state index in [-0.39, 0.29) is 31.6 Å². The summed E-state index contributed by atoms with van der Waals surface area (Å²) in [5.41, 5.74) is 0. The molecule has 0 N–H and O–H groups in total. The van der Waals surface area contributed by atoms with Gasteiger partial charge in [0.1, 0.15) is 19.5 Å². The van der Waals surface area contributed by atoms with Crippen LogP contribution >= 0.6 is 0 Å². The van der Waals surface area contributed by atoms with Crippen LogP contribution in [0.25, 0.3) is 0 Å². The molecule has 0 unspecified atom stereocenters. The average Bonchev–Trinajstić information content (AvgIpc) is 2.92. The number of unbranched alkanes of at least 4 members (excludes halogenated alkanes) is 16. The summed E-state index contributed by atoms with van der Waals surface area (Å²) in [5.74, 6) is -1.55. The van der Waals surface area contributed by atoms with Gasteiger partial charge in [-0.1, -0.05) is 117 Å². The van der Waals surface area contributed by atoms with E-state index >= 15 is 0 Å². The second-order valence-corrected chi connectivity index (χ2v) is 10.1. The Labute approximate surface area is 236 Å². The van der Waals surface area contributed by atoms with Crippen molar-refractivity contribution in [3.05, 3.63) is 12.3 Å². The van der Waals surface area contributed by atoms with Gasteiger partial charge in [-0.3, -0.25) is 14.4 Å². The van der Waals surface area contributed by atoms with Crippen LogP contribution in [0.2, 0.25) is 0 Å². The molecule has 0 rings (SSSR count). The highest BCUT2D eigenvalue weighted by Gasteiger charge is 2.18. The maximum Gasteiger partial charge on any atom is 0.334 e. The minimum Gasteiger partial charge on any atom is -0.462 e. The molecule has 0 aromatic heterocycles. The van der Waals surface area contributed by atoms with Crippen LogP contribution < -0.4 is 0 Å². The number of hydrogen-bond acceptors (Lipinski definition) is 8. The van der Waals surface area contributed by atoms with Crippen molar-refractivity contribution in [3.8, 4) is 0 Å². The maximum atomic E-state index is 12.1. The second-order valence-electron chi connectivity index (χ2n) is 10.1. The van der Waals surface area contributed by atoms with Crippen molar-refractivity contribution in [1.29, 1.82) is 0 Å². The summed E-state index contributed by atoms with van der Waals surface area (Å²) in [6.07, 6.45) is 22.2. The Morgan fingerprint density at radius 1 is 0.590 bits per heavy atom. The zero-order valence-electron chi connectivity index (χ0n) is 24.6. The highest BCUT2D eigenvalue weighted by atomic mass is 16.6. The molecule has 8 nitrogen and oxygen atoms in total. The molecule has 0 aliphatic carbocycles. The number of hydrogen-bond donors (Lipinski definition) is 0.